The molecule has 2 aromatic rings. The van der Waals surface area contributed by atoms with Crippen LogP contribution in [-0.4, -0.2) is 30.3 Å². The minimum atomic E-state index is -0.0836. The predicted molar refractivity (Wildman–Crippen MR) is 93.8 cm³/mol. The van der Waals surface area contributed by atoms with E-state index in [1.54, 1.807) is 18.0 Å². The zero-order valence-electron chi connectivity index (χ0n) is 12.9. The third kappa shape index (κ3) is 5.69. The van der Waals surface area contributed by atoms with E-state index in [0.717, 1.165) is 5.56 Å². The number of rotatable bonds is 7. The summed E-state index contributed by atoms with van der Waals surface area (Å²) in [5.41, 5.74) is 0.999. The fourth-order valence-corrected chi connectivity index (χ4v) is 2.98. The number of hydrogen-bond acceptors (Lipinski definition) is 3. The number of thiophene rings is 1. The van der Waals surface area contributed by atoms with Gasteiger partial charge in [0.1, 0.15) is 0 Å². The zero-order valence-corrected chi connectivity index (χ0v) is 14.5. The van der Waals surface area contributed by atoms with E-state index in [1.807, 2.05) is 35.7 Å². The van der Waals surface area contributed by atoms with Crippen LogP contribution in [0.3, 0.4) is 0 Å². The first-order valence-electron chi connectivity index (χ1n) is 7.36. The Morgan fingerprint density at radius 2 is 2.09 bits per heavy atom. The van der Waals surface area contributed by atoms with Crippen LogP contribution in [0.25, 0.3) is 0 Å². The fourth-order valence-electron chi connectivity index (χ4n) is 2.12. The second-order valence-electron chi connectivity index (χ2n) is 5.22. The van der Waals surface area contributed by atoms with Crippen LogP contribution in [0.15, 0.2) is 41.8 Å². The lowest BCUT2D eigenvalue weighted by molar-refractivity contribution is -0.130. The van der Waals surface area contributed by atoms with E-state index in [4.69, 9.17) is 11.6 Å². The monoisotopic (exact) mass is 350 g/mol. The van der Waals surface area contributed by atoms with Gasteiger partial charge in [0.2, 0.25) is 5.91 Å². The second-order valence-corrected chi connectivity index (χ2v) is 6.60. The third-order valence-corrected chi connectivity index (χ3v) is 4.44. The maximum absolute atomic E-state index is 12.1. The summed E-state index contributed by atoms with van der Waals surface area (Å²) >= 11 is 7.34. The van der Waals surface area contributed by atoms with Crippen LogP contribution in [0.2, 0.25) is 5.02 Å². The maximum Gasteiger partial charge on any atom is 0.261 e. The molecule has 0 saturated carbocycles. The van der Waals surface area contributed by atoms with Crippen LogP contribution in [0.5, 0.6) is 0 Å². The van der Waals surface area contributed by atoms with Crippen molar-refractivity contribution >= 4 is 34.8 Å². The van der Waals surface area contributed by atoms with Gasteiger partial charge in [0.05, 0.1) is 4.88 Å². The van der Waals surface area contributed by atoms with Gasteiger partial charge in [-0.3, -0.25) is 9.59 Å². The predicted octanol–water partition coefficient (Wildman–Crippen LogP) is 3.57. The lowest BCUT2D eigenvalue weighted by Crippen LogP contribution is -2.28. The molecule has 0 aliphatic heterocycles. The van der Waals surface area contributed by atoms with Crippen LogP contribution in [0, 0.1) is 0 Å². The Labute approximate surface area is 145 Å². The van der Waals surface area contributed by atoms with Gasteiger partial charge < -0.3 is 10.2 Å². The van der Waals surface area contributed by atoms with Crippen molar-refractivity contribution in [2.75, 3.05) is 13.6 Å². The molecule has 0 radical (unpaired) electrons. The van der Waals surface area contributed by atoms with E-state index in [2.05, 4.69) is 5.32 Å². The maximum atomic E-state index is 12.1. The highest BCUT2D eigenvalue weighted by Gasteiger charge is 2.10. The Morgan fingerprint density at radius 3 is 2.78 bits per heavy atom. The van der Waals surface area contributed by atoms with E-state index in [0.29, 0.717) is 35.8 Å². The summed E-state index contributed by atoms with van der Waals surface area (Å²) in [5, 5.41) is 5.35. The smallest absolute Gasteiger partial charge is 0.261 e. The lowest BCUT2D eigenvalue weighted by atomic mass is 10.2. The van der Waals surface area contributed by atoms with Crippen molar-refractivity contribution in [1.82, 2.24) is 10.2 Å². The Bertz CT molecular complexity index is 658. The van der Waals surface area contributed by atoms with Crippen molar-refractivity contribution < 1.29 is 9.59 Å². The Balaban J connectivity index is 1.69. The van der Waals surface area contributed by atoms with Gasteiger partial charge in [-0.05, 0) is 35.6 Å². The quantitative estimate of drug-likeness (QED) is 0.776. The molecule has 0 saturated heterocycles. The number of hydrogen-bond donors (Lipinski definition) is 1. The third-order valence-electron chi connectivity index (χ3n) is 3.33. The first kappa shape index (κ1) is 17.5. The standard InChI is InChI=1S/C17H19ClN2O2S/c1-20(12-13-5-2-6-14(18)11-13)16(21)8-3-9-19-17(22)15-7-4-10-23-15/h2,4-7,10-11H,3,8-9,12H2,1H3,(H,19,22). The zero-order chi connectivity index (χ0) is 16.7. The van der Waals surface area contributed by atoms with E-state index < -0.39 is 0 Å². The molecule has 122 valence electrons. The fraction of sp³-hybridized carbons (Fsp3) is 0.294. The normalized spacial score (nSPS) is 10.3. The molecule has 2 rings (SSSR count). The SMILES string of the molecule is CN(Cc1cccc(Cl)c1)C(=O)CCCNC(=O)c1cccs1. The molecule has 0 aliphatic carbocycles. The van der Waals surface area contributed by atoms with Crippen LogP contribution in [0.1, 0.15) is 28.1 Å². The van der Waals surface area contributed by atoms with Gasteiger partial charge in [-0.1, -0.05) is 29.8 Å². The van der Waals surface area contributed by atoms with Gasteiger partial charge in [-0.15, -0.1) is 11.3 Å². The summed E-state index contributed by atoms with van der Waals surface area (Å²) in [6.07, 6.45) is 1.03. The molecular formula is C17H19ClN2O2S. The first-order valence-corrected chi connectivity index (χ1v) is 8.62. The molecule has 0 atom stereocenters. The number of amides is 2. The van der Waals surface area contributed by atoms with Crippen LogP contribution in [0.4, 0.5) is 0 Å². The average molecular weight is 351 g/mol. The van der Waals surface area contributed by atoms with Gasteiger partial charge in [0.25, 0.3) is 5.91 Å². The summed E-state index contributed by atoms with van der Waals surface area (Å²) in [5.74, 6) is -0.0323. The van der Waals surface area contributed by atoms with E-state index >= 15 is 0 Å². The molecule has 0 spiro atoms. The van der Waals surface area contributed by atoms with E-state index in [1.165, 1.54) is 11.3 Å². The molecule has 0 unspecified atom stereocenters. The Hall–Kier alpha value is -1.85. The number of halogens is 1. The molecule has 1 aromatic carbocycles. The number of carbonyl (C=O) groups excluding carboxylic acids is 2. The summed E-state index contributed by atoms with van der Waals surface area (Å²) < 4.78 is 0. The summed E-state index contributed by atoms with van der Waals surface area (Å²) in [6, 6.07) is 11.1. The number of carbonyl (C=O) groups is 2. The largest absolute Gasteiger partial charge is 0.351 e. The minimum absolute atomic E-state index is 0.0512. The van der Waals surface area contributed by atoms with E-state index in [-0.39, 0.29) is 11.8 Å². The number of nitrogens with zero attached hydrogens (tertiary/aromatic N) is 1. The van der Waals surface area contributed by atoms with Crippen molar-refractivity contribution in [3.63, 3.8) is 0 Å². The average Bonchev–Trinajstić information content (AvgIpc) is 3.05. The van der Waals surface area contributed by atoms with Crippen LogP contribution < -0.4 is 5.32 Å². The molecule has 0 aliphatic rings. The van der Waals surface area contributed by atoms with Crippen molar-refractivity contribution in [3.05, 3.63) is 57.2 Å². The molecule has 1 aromatic heterocycles. The second kappa shape index (κ2) is 8.70. The molecule has 2 amide bonds. The summed E-state index contributed by atoms with van der Waals surface area (Å²) in [4.78, 5) is 26.2. The highest BCUT2D eigenvalue weighted by atomic mass is 35.5. The van der Waals surface area contributed by atoms with Crippen molar-refractivity contribution in [2.45, 2.75) is 19.4 Å². The topological polar surface area (TPSA) is 49.4 Å². The van der Waals surface area contributed by atoms with Gasteiger partial charge >= 0.3 is 0 Å². The summed E-state index contributed by atoms with van der Waals surface area (Å²) in [6.45, 7) is 1.02. The highest BCUT2D eigenvalue weighted by molar-refractivity contribution is 7.12. The molecule has 1 N–H and O–H groups in total. The molecule has 0 bridgehead atoms. The Kier molecular flexibility index (Phi) is 6.62. The lowest BCUT2D eigenvalue weighted by Gasteiger charge is -2.17. The van der Waals surface area contributed by atoms with Crippen molar-refractivity contribution in [1.29, 1.82) is 0 Å². The van der Waals surface area contributed by atoms with Crippen LogP contribution >= 0.6 is 22.9 Å². The molecule has 6 heteroatoms. The van der Waals surface area contributed by atoms with Gasteiger partial charge in [0.15, 0.2) is 0 Å². The van der Waals surface area contributed by atoms with E-state index in [9.17, 15) is 9.59 Å². The molecular weight excluding hydrogens is 332 g/mol. The molecule has 1 heterocycles. The van der Waals surface area contributed by atoms with Crippen LogP contribution in [-0.2, 0) is 11.3 Å². The molecule has 23 heavy (non-hydrogen) atoms. The highest BCUT2D eigenvalue weighted by Crippen LogP contribution is 2.13. The number of benzene rings is 1. The first-order chi connectivity index (χ1) is 11.1. The molecule has 0 fully saturated rings. The molecule has 4 nitrogen and oxygen atoms in total. The minimum Gasteiger partial charge on any atom is -0.351 e. The van der Waals surface area contributed by atoms with Crippen molar-refractivity contribution in [3.8, 4) is 0 Å². The Morgan fingerprint density at radius 1 is 1.26 bits per heavy atom. The van der Waals surface area contributed by atoms with Gasteiger partial charge in [0, 0.05) is 31.6 Å². The summed E-state index contributed by atoms with van der Waals surface area (Å²) in [7, 11) is 1.77. The number of nitrogens with one attached hydrogen (secondary N) is 1. The van der Waals surface area contributed by atoms with Gasteiger partial charge in [-0.25, -0.2) is 0 Å². The van der Waals surface area contributed by atoms with Crippen molar-refractivity contribution in [2.24, 2.45) is 0 Å². The van der Waals surface area contributed by atoms with Gasteiger partial charge in [-0.2, -0.15) is 0 Å².